The van der Waals surface area contributed by atoms with Crippen molar-refractivity contribution in [3.05, 3.63) is 95.1 Å². The number of ether oxygens (including phenoxy) is 4. The number of amides is 1. The van der Waals surface area contributed by atoms with Crippen molar-refractivity contribution in [2.75, 3.05) is 12.9 Å². The summed E-state index contributed by atoms with van der Waals surface area (Å²) in [5.41, 5.74) is 3.63. The van der Waals surface area contributed by atoms with Gasteiger partial charge in [-0.25, -0.2) is 0 Å². The van der Waals surface area contributed by atoms with Crippen LogP contribution in [-0.2, 0) is 37.0 Å². The standard InChI is InChI=1S/C31H35NO7S/c1-20(37-21(2)34)30(35)32-17-22-8-14-25(15-9-22)31-38-26(19-40-29-7-5-4-6-27(29)36-3)16-28(39-31)24-12-10-23(18-33)11-13-24/h4-15,20,26,28,31,33H,16-19H2,1-3H3,(H,32,35)/t20-,26+,28-,31-/m0/s1. The van der Waals surface area contributed by atoms with Gasteiger partial charge in [0, 0.05) is 36.1 Å². The van der Waals surface area contributed by atoms with Gasteiger partial charge < -0.3 is 29.4 Å². The van der Waals surface area contributed by atoms with Gasteiger partial charge in [-0.1, -0.05) is 60.7 Å². The maximum atomic E-state index is 12.2. The van der Waals surface area contributed by atoms with Crippen LogP contribution in [0.3, 0.4) is 0 Å². The molecule has 1 aliphatic heterocycles. The van der Waals surface area contributed by atoms with Gasteiger partial charge >= 0.3 is 5.97 Å². The molecule has 0 aliphatic carbocycles. The van der Waals surface area contributed by atoms with Crippen LogP contribution in [0.25, 0.3) is 0 Å². The molecule has 0 saturated carbocycles. The zero-order chi connectivity index (χ0) is 28.5. The van der Waals surface area contributed by atoms with Crippen molar-refractivity contribution in [1.29, 1.82) is 0 Å². The molecule has 3 aromatic carbocycles. The maximum absolute atomic E-state index is 12.2. The molecule has 4 atom stereocenters. The number of esters is 1. The Morgan fingerprint density at radius 2 is 1.68 bits per heavy atom. The van der Waals surface area contributed by atoms with Crippen molar-refractivity contribution in [3.63, 3.8) is 0 Å². The zero-order valence-electron chi connectivity index (χ0n) is 22.9. The highest BCUT2D eigenvalue weighted by atomic mass is 32.2. The van der Waals surface area contributed by atoms with Crippen LogP contribution < -0.4 is 10.1 Å². The molecule has 212 valence electrons. The molecule has 0 spiro atoms. The van der Waals surface area contributed by atoms with E-state index in [9.17, 15) is 14.7 Å². The quantitative estimate of drug-likeness (QED) is 0.245. The molecule has 3 aromatic rings. The SMILES string of the molecule is COc1ccccc1SC[C@H]1C[C@@H](c2ccc(CO)cc2)O[C@@H](c2ccc(CNC(=O)[C@H](C)OC(C)=O)cc2)O1. The number of methoxy groups -OCH3 is 1. The molecule has 1 heterocycles. The lowest BCUT2D eigenvalue weighted by Crippen LogP contribution is -2.35. The topological polar surface area (TPSA) is 103 Å². The van der Waals surface area contributed by atoms with Crippen LogP contribution in [0, 0.1) is 0 Å². The van der Waals surface area contributed by atoms with Gasteiger partial charge in [0.05, 0.1) is 25.9 Å². The lowest BCUT2D eigenvalue weighted by Gasteiger charge is -2.36. The van der Waals surface area contributed by atoms with Gasteiger partial charge in [0.25, 0.3) is 5.91 Å². The molecule has 0 bridgehead atoms. The monoisotopic (exact) mass is 565 g/mol. The summed E-state index contributed by atoms with van der Waals surface area (Å²) < 4.78 is 23.3. The van der Waals surface area contributed by atoms with E-state index >= 15 is 0 Å². The molecule has 4 rings (SSSR count). The van der Waals surface area contributed by atoms with Crippen molar-refractivity contribution < 1.29 is 33.6 Å². The van der Waals surface area contributed by atoms with Gasteiger partial charge in [-0.05, 0) is 35.7 Å². The fraction of sp³-hybridized carbons (Fsp3) is 0.355. The summed E-state index contributed by atoms with van der Waals surface area (Å²) in [4.78, 5) is 24.3. The van der Waals surface area contributed by atoms with Gasteiger partial charge in [0.15, 0.2) is 12.4 Å². The number of carbonyl (C=O) groups is 2. The fourth-order valence-corrected chi connectivity index (χ4v) is 5.42. The van der Waals surface area contributed by atoms with Crippen LogP contribution in [-0.4, -0.2) is 42.1 Å². The summed E-state index contributed by atoms with van der Waals surface area (Å²) >= 11 is 1.69. The Morgan fingerprint density at radius 3 is 2.35 bits per heavy atom. The van der Waals surface area contributed by atoms with E-state index in [1.807, 2.05) is 72.8 Å². The Balaban J connectivity index is 1.45. The van der Waals surface area contributed by atoms with Gasteiger partial charge in [-0.2, -0.15) is 0 Å². The van der Waals surface area contributed by atoms with Gasteiger partial charge in [0.1, 0.15) is 5.75 Å². The molecule has 1 saturated heterocycles. The van der Waals surface area contributed by atoms with E-state index in [-0.39, 0.29) is 24.7 Å². The number of nitrogens with one attached hydrogen (secondary N) is 1. The second-order valence-electron chi connectivity index (χ2n) is 9.52. The average molecular weight is 566 g/mol. The minimum Gasteiger partial charge on any atom is -0.496 e. The number of hydrogen-bond acceptors (Lipinski definition) is 8. The third-order valence-corrected chi connectivity index (χ3v) is 7.73. The number of aliphatic hydroxyl groups is 1. The number of rotatable bonds is 11. The highest BCUT2D eigenvalue weighted by Gasteiger charge is 2.32. The van der Waals surface area contributed by atoms with Gasteiger partial charge in [-0.15, -0.1) is 11.8 Å². The highest BCUT2D eigenvalue weighted by Crippen LogP contribution is 2.40. The lowest BCUT2D eigenvalue weighted by atomic mass is 10.0. The lowest BCUT2D eigenvalue weighted by molar-refractivity contribution is -0.245. The maximum Gasteiger partial charge on any atom is 0.303 e. The molecular weight excluding hydrogens is 530 g/mol. The summed E-state index contributed by atoms with van der Waals surface area (Å²) in [7, 11) is 1.67. The summed E-state index contributed by atoms with van der Waals surface area (Å²) in [6.07, 6.45) is -1.02. The first-order valence-electron chi connectivity index (χ1n) is 13.2. The van der Waals surface area contributed by atoms with Crippen LogP contribution >= 0.6 is 11.8 Å². The van der Waals surface area contributed by atoms with Crippen LogP contribution in [0.2, 0.25) is 0 Å². The van der Waals surface area contributed by atoms with Crippen LogP contribution in [0.5, 0.6) is 5.75 Å². The predicted octanol–water partition coefficient (Wildman–Crippen LogP) is 5.09. The molecule has 40 heavy (non-hydrogen) atoms. The van der Waals surface area contributed by atoms with E-state index in [4.69, 9.17) is 18.9 Å². The van der Waals surface area contributed by atoms with Crippen LogP contribution in [0.15, 0.2) is 77.7 Å². The third-order valence-electron chi connectivity index (χ3n) is 6.54. The number of thioether (sulfide) groups is 1. The summed E-state index contributed by atoms with van der Waals surface area (Å²) in [6.45, 7) is 3.10. The minimum absolute atomic E-state index is 0.00875. The van der Waals surface area contributed by atoms with Crippen molar-refractivity contribution in [3.8, 4) is 5.75 Å². The van der Waals surface area contributed by atoms with E-state index in [0.717, 1.165) is 38.7 Å². The second kappa shape index (κ2) is 14.3. The zero-order valence-corrected chi connectivity index (χ0v) is 23.7. The number of para-hydroxylation sites is 1. The van der Waals surface area contributed by atoms with E-state index < -0.39 is 18.4 Å². The van der Waals surface area contributed by atoms with Crippen LogP contribution in [0.1, 0.15) is 54.9 Å². The van der Waals surface area contributed by atoms with Gasteiger partial charge in [0.2, 0.25) is 0 Å². The normalized spacial score (nSPS) is 19.4. The Hall–Kier alpha value is -3.37. The average Bonchev–Trinajstić information content (AvgIpc) is 2.98. The highest BCUT2D eigenvalue weighted by molar-refractivity contribution is 7.99. The van der Waals surface area contributed by atoms with E-state index in [1.54, 1.807) is 18.9 Å². The number of benzene rings is 3. The summed E-state index contributed by atoms with van der Waals surface area (Å²) in [5, 5.41) is 12.2. The van der Waals surface area contributed by atoms with E-state index in [2.05, 4.69) is 5.32 Å². The Morgan fingerprint density at radius 1 is 1.00 bits per heavy atom. The molecule has 9 heteroatoms. The van der Waals surface area contributed by atoms with E-state index in [1.165, 1.54) is 13.8 Å². The third kappa shape index (κ3) is 8.08. The summed E-state index contributed by atoms with van der Waals surface area (Å²) in [5.74, 6) is 0.693. The number of carbonyl (C=O) groups excluding carboxylic acids is 2. The van der Waals surface area contributed by atoms with Crippen LogP contribution in [0.4, 0.5) is 0 Å². The molecule has 8 nitrogen and oxygen atoms in total. The molecule has 1 aliphatic rings. The van der Waals surface area contributed by atoms with Crippen molar-refractivity contribution in [1.82, 2.24) is 5.32 Å². The number of hydrogen-bond donors (Lipinski definition) is 2. The Bertz CT molecular complexity index is 1270. The molecular formula is C31H35NO7S. The second-order valence-corrected chi connectivity index (χ2v) is 10.6. The molecule has 0 radical (unpaired) electrons. The molecule has 1 fully saturated rings. The first kappa shape index (κ1) is 29.6. The van der Waals surface area contributed by atoms with Crippen molar-refractivity contribution in [2.24, 2.45) is 0 Å². The number of aliphatic hydroxyl groups excluding tert-OH is 1. The predicted molar refractivity (Wildman–Crippen MR) is 152 cm³/mol. The largest absolute Gasteiger partial charge is 0.496 e. The van der Waals surface area contributed by atoms with Gasteiger partial charge in [-0.3, -0.25) is 9.59 Å². The van der Waals surface area contributed by atoms with Crippen molar-refractivity contribution >= 4 is 23.6 Å². The van der Waals surface area contributed by atoms with Crippen molar-refractivity contribution in [2.45, 2.75) is 62.9 Å². The Labute approximate surface area is 239 Å². The Kier molecular flexibility index (Phi) is 10.6. The van der Waals surface area contributed by atoms with E-state index in [0.29, 0.717) is 13.0 Å². The first-order chi connectivity index (χ1) is 19.4. The molecule has 1 amide bonds. The summed E-state index contributed by atoms with van der Waals surface area (Å²) in [6, 6.07) is 23.4. The molecule has 2 N–H and O–H groups in total. The molecule has 0 unspecified atom stereocenters. The first-order valence-corrected chi connectivity index (χ1v) is 14.1. The molecule has 0 aromatic heterocycles. The smallest absolute Gasteiger partial charge is 0.303 e. The minimum atomic E-state index is -0.852. The fourth-order valence-electron chi connectivity index (χ4n) is 4.37.